The molecule has 1 saturated heterocycles. The fraction of sp³-hybridized carbons (Fsp3) is 0.400. The van der Waals surface area contributed by atoms with E-state index >= 15 is 0 Å². The first kappa shape index (κ1) is 23.4. The third kappa shape index (κ3) is 6.42. The number of thioether (sulfide) groups is 1. The number of para-hydroxylation sites is 1. The van der Waals surface area contributed by atoms with Crippen molar-refractivity contribution < 1.29 is 9.18 Å². The van der Waals surface area contributed by atoms with E-state index in [0.29, 0.717) is 17.5 Å². The van der Waals surface area contributed by atoms with E-state index in [2.05, 4.69) is 27.3 Å². The van der Waals surface area contributed by atoms with Gasteiger partial charge in [0.1, 0.15) is 5.82 Å². The highest BCUT2D eigenvalue weighted by Gasteiger charge is 2.18. The Hall–Kier alpha value is -2.71. The Morgan fingerprint density at radius 1 is 1.15 bits per heavy atom. The van der Waals surface area contributed by atoms with E-state index in [0.717, 1.165) is 36.7 Å². The molecule has 2 aromatic carbocycles. The predicted octanol–water partition coefficient (Wildman–Crippen LogP) is 4.40. The minimum Gasteiger partial charge on any atom is -0.355 e. The Labute approximate surface area is 198 Å². The molecule has 1 aromatic heterocycles. The number of nitrogens with one attached hydrogen (secondary N) is 1. The molecule has 8 heteroatoms. The molecule has 1 amide bonds. The molecule has 4 rings (SSSR count). The van der Waals surface area contributed by atoms with Crippen molar-refractivity contribution in [3.05, 3.63) is 60.4 Å². The lowest BCUT2D eigenvalue weighted by Crippen LogP contribution is -2.36. The lowest BCUT2D eigenvalue weighted by Gasteiger charge is -2.30. The van der Waals surface area contributed by atoms with Crippen molar-refractivity contribution in [1.82, 2.24) is 25.0 Å². The first-order valence-corrected chi connectivity index (χ1v) is 12.5. The first-order valence-electron chi connectivity index (χ1n) is 11.5. The van der Waals surface area contributed by atoms with E-state index in [1.807, 2.05) is 34.9 Å². The van der Waals surface area contributed by atoms with Gasteiger partial charge in [0.15, 0.2) is 11.0 Å². The number of piperidine rings is 1. The minimum atomic E-state index is -0.300. The van der Waals surface area contributed by atoms with Gasteiger partial charge in [0.2, 0.25) is 5.91 Å². The highest BCUT2D eigenvalue weighted by Crippen LogP contribution is 2.28. The van der Waals surface area contributed by atoms with Crippen molar-refractivity contribution in [2.24, 2.45) is 5.92 Å². The largest absolute Gasteiger partial charge is 0.355 e. The lowest BCUT2D eigenvalue weighted by atomic mass is 10.0. The Morgan fingerprint density at radius 2 is 1.94 bits per heavy atom. The summed E-state index contributed by atoms with van der Waals surface area (Å²) in [6.45, 7) is 6.34. The summed E-state index contributed by atoms with van der Waals surface area (Å²) in [5.41, 5.74) is 1.65. The summed E-state index contributed by atoms with van der Waals surface area (Å²) in [6.07, 6.45) is 3.55. The second-order valence-electron chi connectivity index (χ2n) is 8.52. The molecule has 0 aliphatic carbocycles. The zero-order valence-corrected chi connectivity index (χ0v) is 19.7. The van der Waals surface area contributed by atoms with E-state index < -0.39 is 0 Å². The van der Waals surface area contributed by atoms with E-state index in [4.69, 9.17) is 0 Å². The maximum Gasteiger partial charge on any atom is 0.230 e. The van der Waals surface area contributed by atoms with Crippen molar-refractivity contribution in [3.63, 3.8) is 0 Å². The van der Waals surface area contributed by atoms with E-state index in [-0.39, 0.29) is 17.5 Å². The van der Waals surface area contributed by atoms with Gasteiger partial charge in [0.05, 0.1) is 5.75 Å². The molecule has 0 radical (unpaired) electrons. The molecule has 0 saturated carbocycles. The average molecular weight is 468 g/mol. The van der Waals surface area contributed by atoms with Crippen LogP contribution >= 0.6 is 11.8 Å². The van der Waals surface area contributed by atoms with Crippen LogP contribution in [0.5, 0.6) is 0 Å². The normalized spacial score (nSPS) is 16.6. The van der Waals surface area contributed by atoms with Crippen LogP contribution in [0, 0.1) is 11.7 Å². The quantitative estimate of drug-likeness (QED) is 0.373. The van der Waals surface area contributed by atoms with Crippen molar-refractivity contribution in [3.8, 4) is 17.1 Å². The van der Waals surface area contributed by atoms with Gasteiger partial charge in [-0.05, 0) is 74.7 Å². The number of rotatable bonds is 9. The van der Waals surface area contributed by atoms with Gasteiger partial charge in [-0.2, -0.15) is 0 Å². The molecule has 174 valence electrons. The van der Waals surface area contributed by atoms with Gasteiger partial charge >= 0.3 is 0 Å². The average Bonchev–Trinajstić information content (AvgIpc) is 3.25. The third-order valence-corrected chi connectivity index (χ3v) is 6.73. The number of likely N-dealkylation sites (tertiary alicyclic amines) is 1. The van der Waals surface area contributed by atoms with Crippen LogP contribution in [0.2, 0.25) is 0 Å². The number of aromatic nitrogens is 3. The van der Waals surface area contributed by atoms with Gasteiger partial charge in [-0.25, -0.2) is 4.39 Å². The number of hydrogen-bond acceptors (Lipinski definition) is 5. The highest BCUT2D eigenvalue weighted by molar-refractivity contribution is 7.99. The Balaban J connectivity index is 1.35. The molecule has 0 bridgehead atoms. The van der Waals surface area contributed by atoms with E-state index in [9.17, 15) is 9.18 Å². The van der Waals surface area contributed by atoms with Crippen LogP contribution in [0.15, 0.2) is 59.8 Å². The van der Waals surface area contributed by atoms with Crippen LogP contribution in [-0.4, -0.2) is 57.5 Å². The maximum absolute atomic E-state index is 13.4. The number of carbonyl (C=O) groups excluding carboxylic acids is 1. The summed E-state index contributed by atoms with van der Waals surface area (Å²) in [5.74, 6) is 1.32. The Kier molecular flexibility index (Phi) is 8.12. The molecule has 6 nitrogen and oxygen atoms in total. The number of hydrogen-bond donors (Lipinski definition) is 1. The van der Waals surface area contributed by atoms with Crippen LogP contribution in [0.1, 0.15) is 26.2 Å². The Morgan fingerprint density at radius 3 is 2.70 bits per heavy atom. The molecule has 3 aromatic rings. The summed E-state index contributed by atoms with van der Waals surface area (Å²) in [4.78, 5) is 14.9. The fourth-order valence-electron chi connectivity index (χ4n) is 4.16. The molecule has 33 heavy (non-hydrogen) atoms. The molecule has 1 fully saturated rings. The molecule has 2 heterocycles. The molecular formula is C25H30FN5OS. The van der Waals surface area contributed by atoms with Crippen LogP contribution in [0.3, 0.4) is 0 Å². The molecule has 1 aliphatic heterocycles. The summed E-state index contributed by atoms with van der Waals surface area (Å²) < 4.78 is 15.3. The fourth-order valence-corrected chi connectivity index (χ4v) is 4.94. The summed E-state index contributed by atoms with van der Waals surface area (Å²) >= 11 is 1.35. The minimum absolute atomic E-state index is 0.0158. The van der Waals surface area contributed by atoms with Crippen molar-refractivity contribution in [2.75, 3.05) is 31.9 Å². The highest BCUT2D eigenvalue weighted by atomic mass is 32.2. The van der Waals surface area contributed by atoms with Gasteiger partial charge in [0.25, 0.3) is 0 Å². The van der Waals surface area contributed by atoms with Gasteiger partial charge in [-0.3, -0.25) is 9.36 Å². The summed E-state index contributed by atoms with van der Waals surface area (Å²) in [6, 6.07) is 15.9. The van der Waals surface area contributed by atoms with Gasteiger partial charge in [-0.15, -0.1) is 10.2 Å². The van der Waals surface area contributed by atoms with Crippen LogP contribution in [0.4, 0.5) is 4.39 Å². The van der Waals surface area contributed by atoms with Crippen molar-refractivity contribution >= 4 is 17.7 Å². The molecule has 1 unspecified atom stereocenters. The van der Waals surface area contributed by atoms with E-state index in [1.165, 1.54) is 43.3 Å². The number of nitrogens with zero attached hydrogens (tertiary/aromatic N) is 4. The van der Waals surface area contributed by atoms with Gasteiger partial charge in [-0.1, -0.05) is 36.9 Å². The molecule has 0 spiro atoms. The second kappa shape index (κ2) is 11.4. The van der Waals surface area contributed by atoms with Crippen LogP contribution in [0.25, 0.3) is 17.1 Å². The van der Waals surface area contributed by atoms with Crippen molar-refractivity contribution in [2.45, 2.75) is 31.3 Å². The van der Waals surface area contributed by atoms with Crippen molar-refractivity contribution in [1.29, 1.82) is 0 Å². The third-order valence-electron chi connectivity index (χ3n) is 5.80. The number of halogens is 1. The summed E-state index contributed by atoms with van der Waals surface area (Å²) in [7, 11) is 0. The SMILES string of the molecule is CC1CCCN(CCCNC(=O)CSc2nnc(-c3ccc(F)cc3)n2-c2ccccc2)C1. The van der Waals surface area contributed by atoms with Gasteiger partial charge < -0.3 is 10.2 Å². The molecule has 1 aliphatic rings. The monoisotopic (exact) mass is 467 g/mol. The molecule has 1 atom stereocenters. The lowest BCUT2D eigenvalue weighted by molar-refractivity contribution is -0.118. The molecule has 1 N–H and O–H groups in total. The smallest absolute Gasteiger partial charge is 0.230 e. The van der Waals surface area contributed by atoms with Crippen LogP contribution in [-0.2, 0) is 4.79 Å². The van der Waals surface area contributed by atoms with Crippen LogP contribution < -0.4 is 5.32 Å². The number of carbonyl (C=O) groups is 1. The number of benzene rings is 2. The second-order valence-corrected chi connectivity index (χ2v) is 9.47. The number of amides is 1. The zero-order chi connectivity index (χ0) is 23.0. The Bertz CT molecular complexity index is 1040. The topological polar surface area (TPSA) is 63.1 Å². The first-order chi connectivity index (χ1) is 16.1. The maximum atomic E-state index is 13.4. The summed E-state index contributed by atoms with van der Waals surface area (Å²) in [5, 5.41) is 12.3. The van der Waals surface area contributed by atoms with Gasteiger partial charge in [0, 0.05) is 24.3 Å². The van der Waals surface area contributed by atoms with E-state index in [1.54, 1.807) is 12.1 Å². The molecular weight excluding hydrogens is 437 g/mol. The predicted molar refractivity (Wildman–Crippen MR) is 130 cm³/mol. The zero-order valence-electron chi connectivity index (χ0n) is 18.9. The standard InChI is InChI=1S/C25H30FN5OS/c1-19-7-5-15-30(17-19)16-6-14-27-23(32)18-33-25-29-28-24(20-10-12-21(26)13-11-20)31(25)22-8-3-2-4-9-22/h2-4,8-13,19H,5-7,14-18H2,1H3,(H,27,32).